The first kappa shape index (κ1) is 13.2. The normalized spacial score (nSPS) is 9.89. The van der Waals surface area contributed by atoms with Crippen LogP contribution in [0.1, 0.15) is 11.3 Å². The summed E-state index contributed by atoms with van der Waals surface area (Å²) in [5.41, 5.74) is 1.90. The Kier molecular flexibility index (Phi) is 4.21. The number of aryl methyl sites for hydroxylation is 1. The summed E-state index contributed by atoms with van der Waals surface area (Å²) >= 11 is 1.22. The van der Waals surface area contributed by atoms with Crippen LogP contribution in [0, 0.1) is 18.3 Å². The molecule has 0 saturated heterocycles. The summed E-state index contributed by atoms with van der Waals surface area (Å²) in [6.07, 6.45) is 1.54. The Morgan fingerprint density at radius 1 is 1.58 bits per heavy atom. The Morgan fingerprint density at radius 2 is 2.42 bits per heavy atom. The van der Waals surface area contributed by atoms with Crippen LogP contribution in [0.5, 0.6) is 0 Å². The number of aromatic nitrogens is 1. The summed E-state index contributed by atoms with van der Waals surface area (Å²) in [5.74, 6) is 0.0347. The standard InChI is InChI=1S/C13H11N3O2S/c1-9-7-18-13(15-9)19-8-12(17)16-11-4-2-3-10(5-11)6-14/h2-5,7H,8H2,1H3,(H,16,17). The molecule has 0 unspecified atom stereocenters. The van der Waals surface area contributed by atoms with E-state index in [1.165, 1.54) is 18.0 Å². The number of hydrogen-bond donors (Lipinski definition) is 1. The molecule has 0 aliphatic heterocycles. The van der Waals surface area contributed by atoms with Crippen molar-refractivity contribution in [2.75, 3.05) is 11.1 Å². The third-order valence-electron chi connectivity index (χ3n) is 2.20. The van der Waals surface area contributed by atoms with Crippen molar-refractivity contribution >= 4 is 23.4 Å². The van der Waals surface area contributed by atoms with E-state index in [4.69, 9.17) is 9.68 Å². The Labute approximate surface area is 114 Å². The summed E-state index contributed by atoms with van der Waals surface area (Å²) in [6.45, 7) is 1.82. The molecule has 0 aliphatic rings. The molecule has 1 N–H and O–H groups in total. The molecular weight excluding hydrogens is 262 g/mol. The van der Waals surface area contributed by atoms with Gasteiger partial charge >= 0.3 is 0 Å². The molecule has 1 aromatic carbocycles. The Bertz CT molecular complexity index is 631. The van der Waals surface area contributed by atoms with E-state index in [0.717, 1.165) is 5.69 Å². The molecule has 0 saturated carbocycles. The monoisotopic (exact) mass is 273 g/mol. The molecule has 0 bridgehead atoms. The predicted molar refractivity (Wildman–Crippen MR) is 71.8 cm³/mol. The van der Waals surface area contributed by atoms with Crippen molar-refractivity contribution in [2.45, 2.75) is 12.1 Å². The second-order valence-electron chi connectivity index (χ2n) is 3.78. The van der Waals surface area contributed by atoms with Gasteiger partial charge in [-0.3, -0.25) is 4.79 Å². The quantitative estimate of drug-likeness (QED) is 0.866. The minimum absolute atomic E-state index is 0.170. The summed E-state index contributed by atoms with van der Waals surface area (Å²) < 4.78 is 5.13. The molecule has 2 rings (SSSR count). The zero-order valence-electron chi connectivity index (χ0n) is 10.2. The molecule has 0 fully saturated rings. The molecule has 0 radical (unpaired) electrons. The van der Waals surface area contributed by atoms with Crippen molar-refractivity contribution in [3.8, 4) is 6.07 Å². The summed E-state index contributed by atoms with van der Waals surface area (Å²) in [6, 6.07) is 8.78. The van der Waals surface area contributed by atoms with E-state index in [9.17, 15) is 4.79 Å². The zero-order valence-corrected chi connectivity index (χ0v) is 11.0. The highest BCUT2D eigenvalue weighted by Gasteiger charge is 2.07. The Hall–Kier alpha value is -2.26. The maximum atomic E-state index is 11.7. The highest BCUT2D eigenvalue weighted by Crippen LogP contribution is 2.17. The van der Waals surface area contributed by atoms with Gasteiger partial charge in [0.25, 0.3) is 5.22 Å². The SMILES string of the molecule is Cc1coc(SCC(=O)Nc2cccc(C#N)c2)n1. The number of hydrogen-bond acceptors (Lipinski definition) is 5. The van der Waals surface area contributed by atoms with Crippen LogP contribution in [0.2, 0.25) is 0 Å². The van der Waals surface area contributed by atoms with E-state index in [0.29, 0.717) is 16.5 Å². The highest BCUT2D eigenvalue weighted by atomic mass is 32.2. The minimum Gasteiger partial charge on any atom is -0.440 e. The first-order chi connectivity index (χ1) is 9.17. The van der Waals surface area contributed by atoms with E-state index < -0.39 is 0 Å². The number of carbonyl (C=O) groups excluding carboxylic acids is 1. The maximum absolute atomic E-state index is 11.7. The van der Waals surface area contributed by atoms with Gasteiger partial charge in [0.1, 0.15) is 6.26 Å². The molecule has 6 heteroatoms. The van der Waals surface area contributed by atoms with Crippen LogP contribution in [0.3, 0.4) is 0 Å². The fraction of sp³-hybridized carbons (Fsp3) is 0.154. The number of amides is 1. The first-order valence-corrected chi connectivity index (χ1v) is 6.51. The third-order valence-corrected chi connectivity index (χ3v) is 3.04. The number of rotatable bonds is 4. The molecule has 5 nitrogen and oxygen atoms in total. The van der Waals surface area contributed by atoms with Crippen molar-refractivity contribution in [1.82, 2.24) is 4.98 Å². The van der Waals surface area contributed by atoms with Crippen molar-refractivity contribution in [3.63, 3.8) is 0 Å². The van der Waals surface area contributed by atoms with E-state index >= 15 is 0 Å². The third kappa shape index (κ3) is 3.86. The Morgan fingerprint density at radius 3 is 3.11 bits per heavy atom. The van der Waals surface area contributed by atoms with Gasteiger partial charge < -0.3 is 9.73 Å². The van der Waals surface area contributed by atoms with Crippen LogP contribution in [0.25, 0.3) is 0 Å². The van der Waals surface area contributed by atoms with Gasteiger partial charge in [0.15, 0.2) is 0 Å². The van der Waals surface area contributed by atoms with E-state index in [1.54, 1.807) is 24.3 Å². The lowest BCUT2D eigenvalue weighted by atomic mass is 10.2. The second-order valence-corrected chi connectivity index (χ2v) is 4.71. The fourth-order valence-electron chi connectivity index (χ4n) is 1.39. The number of nitrogens with one attached hydrogen (secondary N) is 1. The first-order valence-electron chi connectivity index (χ1n) is 5.52. The molecule has 0 atom stereocenters. The van der Waals surface area contributed by atoms with Crippen LogP contribution in [-0.2, 0) is 4.79 Å². The molecule has 1 aromatic heterocycles. The fourth-order valence-corrected chi connectivity index (χ4v) is 2.04. The van der Waals surface area contributed by atoms with Gasteiger partial charge in [-0.1, -0.05) is 17.8 Å². The van der Waals surface area contributed by atoms with Gasteiger partial charge in [0.05, 0.1) is 23.1 Å². The minimum atomic E-state index is -0.170. The predicted octanol–water partition coefficient (Wildman–Crippen LogP) is 2.59. The number of anilines is 1. The number of nitriles is 1. The average Bonchev–Trinajstić information content (AvgIpc) is 2.82. The maximum Gasteiger partial charge on any atom is 0.256 e. The van der Waals surface area contributed by atoms with Gasteiger partial charge in [0.2, 0.25) is 5.91 Å². The van der Waals surface area contributed by atoms with Crippen LogP contribution in [-0.4, -0.2) is 16.6 Å². The van der Waals surface area contributed by atoms with E-state index in [2.05, 4.69) is 10.3 Å². The second kappa shape index (κ2) is 6.07. The van der Waals surface area contributed by atoms with E-state index in [1.807, 2.05) is 13.0 Å². The van der Waals surface area contributed by atoms with Crippen molar-refractivity contribution in [3.05, 3.63) is 41.8 Å². The van der Waals surface area contributed by atoms with Crippen LogP contribution in [0.15, 0.2) is 40.2 Å². The summed E-state index contributed by atoms with van der Waals surface area (Å²) in [7, 11) is 0. The lowest BCUT2D eigenvalue weighted by Gasteiger charge is -2.03. The van der Waals surface area contributed by atoms with Crippen molar-refractivity contribution in [1.29, 1.82) is 5.26 Å². The Balaban J connectivity index is 1.89. The molecule has 1 amide bonds. The number of nitrogens with zero attached hydrogens (tertiary/aromatic N) is 2. The average molecular weight is 273 g/mol. The van der Waals surface area contributed by atoms with Crippen molar-refractivity contribution in [2.24, 2.45) is 0 Å². The number of benzene rings is 1. The zero-order chi connectivity index (χ0) is 13.7. The van der Waals surface area contributed by atoms with Gasteiger partial charge in [-0.2, -0.15) is 5.26 Å². The van der Waals surface area contributed by atoms with Gasteiger partial charge in [-0.05, 0) is 25.1 Å². The molecular formula is C13H11N3O2S. The molecule has 0 spiro atoms. The van der Waals surface area contributed by atoms with Gasteiger partial charge in [-0.15, -0.1) is 0 Å². The van der Waals surface area contributed by atoms with Crippen LogP contribution >= 0.6 is 11.8 Å². The smallest absolute Gasteiger partial charge is 0.256 e. The van der Waals surface area contributed by atoms with Gasteiger partial charge in [-0.25, -0.2) is 4.98 Å². The van der Waals surface area contributed by atoms with E-state index in [-0.39, 0.29) is 11.7 Å². The highest BCUT2D eigenvalue weighted by molar-refractivity contribution is 7.99. The number of carbonyl (C=O) groups is 1. The van der Waals surface area contributed by atoms with Gasteiger partial charge in [0, 0.05) is 5.69 Å². The topological polar surface area (TPSA) is 78.9 Å². The molecule has 96 valence electrons. The van der Waals surface area contributed by atoms with Crippen LogP contribution in [0.4, 0.5) is 5.69 Å². The van der Waals surface area contributed by atoms with Crippen LogP contribution < -0.4 is 5.32 Å². The lowest BCUT2D eigenvalue weighted by Crippen LogP contribution is -2.14. The molecule has 1 heterocycles. The lowest BCUT2D eigenvalue weighted by molar-refractivity contribution is -0.113. The molecule has 0 aliphatic carbocycles. The van der Waals surface area contributed by atoms with Crippen molar-refractivity contribution < 1.29 is 9.21 Å². The number of thioether (sulfide) groups is 1. The molecule has 2 aromatic rings. The summed E-state index contributed by atoms with van der Waals surface area (Å²) in [4.78, 5) is 15.8. The molecule has 19 heavy (non-hydrogen) atoms. The number of oxazole rings is 1. The summed E-state index contributed by atoms with van der Waals surface area (Å²) in [5, 5.41) is 11.9. The largest absolute Gasteiger partial charge is 0.440 e.